The van der Waals surface area contributed by atoms with Gasteiger partial charge in [-0.25, -0.2) is 16.8 Å². The zero-order chi connectivity index (χ0) is 24.2. The first kappa shape index (κ1) is 24.3. The van der Waals surface area contributed by atoms with E-state index in [9.17, 15) is 26.7 Å². The summed E-state index contributed by atoms with van der Waals surface area (Å²) in [6.45, 7) is 0.367. The average molecular weight is 490 g/mol. The first-order valence-electron chi connectivity index (χ1n) is 9.80. The minimum Gasteiger partial charge on any atom is -0.507 e. The van der Waals surface area contributed by atoms with E-state index < -0.39 is 25.6 Å². The van der Waals surface area contributed by atoms with Crippen LogP contribution in [0.2, 0.25) is 0 Å². The smallest absolute Gasteiger partial charge is 0.255 e. The fraction of sp³-hybridized carbons (Fsp3) is 0.174. The maximum absolute atomic E-state index is 12.5. The van der Waals surface area contributed by atoms with Crippen LogP contribution in [-0.4, -0.2) is 47.0 Å². The van der Waals surface area contributed by atoms with E-state index in [0.717, 1.165) is 18.1 Å². The van der Waals surface area contributed by atoms with Crippen LogP contribution >= 0.6 is 0 Å². The summed E-state index contributed by atoms with van der Waals surface area (Å²) in [5.74, 6) is -0.274. The van der Waals surface area contributed by atoms with Crippen molar-refractivity contribution < 1.29 is 31.5 Å². The summed E-state index contributed by atoms with van der Waals surface area (Å²) in [5.41, 5.74) is 1.51. The molecule has 0 unspecified atom stereocenters. The van der Waals surface area contributed by atoms with Crippen molar-refractivity contribution in [2.75, 3.05) is 24.4 Å². The predicted octanol–water partition coefficient (Wildman–Crippen LogP) is 3.07. The van der Waals surface area contributed by atoms with Gasteiger partial charge in [0.25, 0.3) is 5.91 Å². The highest BCUT2D eigenvalue weighted by Crippen LogP contribution is 2.26. The van der Waals surface area contributed by atoms with Gasteiger partial charge < -0.3 is 15.2 Å². The molecule has 1 amide bonds. The molecule has 0 fully saturated rings. The predicted molar refractivity (Wildman–Crippen MR) is 124 cm³/mol. The summed E-state index contributed by atoms with van der Waals surface area (Å²) in [7, 11) is -6.87. The lowest BCUT2D eigenvalue weighted by molar-refractivity contribution is 0.102. The number of rotatable bonds is 8. The highest BCUT2D eigenvalue weighted by molar-refractivity contribution is 7.91. The lowest BCUT2D eigenvalue weighted by Crippen LogP contribution is -2.12. The maximum atomic E-state index is 12.5. The minimum atomic E-state index is -3.64. The van der Waals surface area contributed by atoms with Gasteiger partial charge in [-0.1, -0.05) is 12.1 Å². The van der Waals surface area contributed by atoms with Crippen LogP contribution < -0.4 is 10.1 Å². The fourth-order valence-electron chi connectivity index (χ4n) is 2.98. The van der Waals surface area contributed by atoms with Crippen molar-refractivity contribution in [3.05, 3.63) is 77.9 Å². The van der Waals surface area contributed by atoms with Gasteiger partial charge in [0, 0.05) is 30.2 Å². The van der Waals surface area contributed by atoms with Crippen LogP contribution in [0.3, 0.4) is 0 Å². The normalized spacial score (nSPS) is 11.7. The Hall–Kier alpha value is -3.37. The van der Waals surface area contributed by atoms with E-state index in [0.29, 0.717) is 24.3 Å². The van der Waals surface area contributed by atoms with Crippen LogP contribution in [0.4, 0.5) is 5.69 Å². The minimum absolute atomic E-state index is 0.237. The summed E-state index contributed by atoms with van der Waals surface area (Å²) in [4.78, 5) is 12.5. The Morgan fingerprint density at radius 3 is 2.09 bits per heavy atom. The molecule has 0 atom stereocenters. The van der Waals surface area contributed by atoms with Gasteiger partial charge in [0.2, 0.25) is 0 Å². The number of hydrogen-bond donors (Lipinski definition) is 2. The standard InChI is InChI=1S/C23H23NO7S2/c1-32(27,28)20-10-3-16(4-11-20)13-14-31-19-8-5-17(6-9-19)23(26)24-18-7-12-21(25)22(15-18)33(2,29)30/h3-12,15,25H,13-14H2,1-2H3,(H,24,26). The van der Waals surface area contributed by atoms with E-state index in [2.05, 4.69) is 5.32 Å². The van der Waals surface area contributed by atoms with Crippen molar-refractivity contribution in [1.29, 1.82) is 0 Å². The van der Waals surface area contributed by atoms with E-state index >= 15 is 0 Å². The molecule has 3 aromatic rings. The number of sulfone groups is 2. The Balaban J connectivity index is 1.57. The molecule has 3 rings (SSSR count). The number of nitrogens with one attached hydrogen (secondary N) is 1. The average Bonchev–Trinajstić information content (AvgIpc) is 2.74. The van der Waals surface area contributed by atoms with E-state index in [4.69, 9.17) is 4.74 Å². The molecular formula is C23H23NO7S2. The number of phenolic OH excluding ortho intramolecular Hbond substituents is 1. The van der Waals surface area contributed by atoms with Crippen LogP contribution in [0, 0.1) is 0 Å². The van der Waals surface area contributed by atoms with Gasteiger partial charge in [0.15, 0.2) is 19.7 Å². The second-order valence-corrected chi connectivity index (χ2v) is 11.4. The second-order valence-electron chi connectivity index (χ2n) is 7.45. The van der Waals surface area contributed by atoms with Crippen LogP contribution in [0.15, 0.2) is 76.5 Å². The molecule has 0 aromatic heterocycles. The maximum Gasteiger partial charge on any atom is 0.255 e. The number of hydrogen-bond acceptors (Lipinski definition) is 7. The SMILES string of the molecule is CS(=O)(=O)c1ccc(CCOc2ccc(C(=O)Nc3ccc(O)c(S(C)(=O)=O)c3)cc2)cc1. The van der Waals surface area contributed by atoms with Crippen LogP contribution in [0.1, 0.15) is 15.9 Å². The second kappa shape index (κ2) is 9.63. The molecule has 174 valence electrons. The monoisotopic (exact) mass is 489 g/mol. The summed E-state index contributed by atoms with van der Waals surface area (Å²) in [6.07, 6.45) is 2.71. The number of amides is 1. The Kier molecular flexibility index (Phi) is 7.09. The molecule has 0 aliphatic rings. The molecule has 2 N–H and O–H groups in total. The molecule has 0 radical (unpaired) electrons. The summed E-state index contributed by atoms with van der Waals surface area (Å²) in [6, 6.07) is 16.8. The van der Waals surface area contributed by atoms with Crippen molar-refractivity contribution in [3.8, 4) is 11.5 Å². The van der Waals surface area contributed by atoms with Gasteiger partial charge in [-0.2, -0.15) is 0 Å². The number of aromatic hydroxyl groups is 1. The number of benzene rings is 3. The molecular weight excluding hydrogens is 466 g/mol. The molecule has 0 aliphatic heterocycles. The highest BCUT2D eigenvalue weighted by Gasteiger charge is 2.15. The van der Waals surface area contributed by atoms with Crippen LogP contribution in [-0.2, 0) is 26.1 Å². The quantitative estimate of drug-likeness (QED) is 0.466. The third kappa shape index (κ3) is 6.56. The van der Waals surface area contributed by atoms with Crippen molar-refractivity contribution in [3.63, 3.8) is 0 Å². The number of anilines is 1. The molecule has 0 aliphatic carbocycles. The van der Waals surface area contributed by atoms with E-state index in [1.807, 2.05) is 0 Å². The van der Waals surface area contributed by atoms with E-state index in [1.54, 1.807) is 48.5 Å². The number of carbonyl (C=O) groups is 1. The Bertz CT molecular complexity index is 1360. The largest absolute Gasteiger partial charge is 0.507 e. The summed E-state index contributed by atoms with van der Waals surface area (Å²) in [5, 5.41) is 12.3. The third-order valence-electron chi connectivity index (χ3n) is 4.74. The zero-order valence-corrected chi connectivity index (χ0v) is 19.6. The van der Waals surface area contributed by atoms with E-state index in [-0.39, 0.29) is 21.2 Å². The molecule has 8 nitrogen and oxygen atoms in total. The number of ether oxygens (including phenoxy) is 1. The molecule has 0 spiro atoms. The van der Waals surface area contributed by atoms with Crippen molar-refractivity contribution >= 4 is 31.3 Å². The number of carbonyl (C=O) groups excluding carboxylic acids is 1. The topological polar surface area (TPSA) is 127 Å². The number of phenols is 1. The van der Waals surface area contributed by atoms with Crippen LogP contribution in [0.25, 0.3) is 0 Å². The highest BCUT2D eigenvalue weighted by atomic mass is 32.2. The molecule has 10 heteroatoms. The molecule has 0 saturated heterocycles. The van der Waals surface area contributed by atoms with E-state index in [1.165, 1.54) is 18.2 Å². The Labute approximate surface area is 192 Å². The molecule has 33 heavy (non-hydrogen) atoms. The first-order valence-corrected chi connectivity index (χ1v) is 13.6. The van der Waals surface area contributed by atoms with Crippen molar-refractivity contribution in [2.45, 2.75) is 16.2 Å². The van der Waals surface area contributed by atoms with Gasteiger partial charge in [-0.05, 0) is 60.2 Å². The van der Waals surface area contributed by atoms with Gasteiger partial charge in [-0.15, -0.1) is 0 Å². The lowest BCUT2D eigenvalue weighted by Gasteiger charge is -2.10. The van der Waals surface area contributed by atoms with Gasteiger partial charge in [0.1, 0.15) is 16.4 Å². The first-order chi connectivity index (χ1) is 15.4. The Morgan fingerprint density at radius 1 is 0.879 bits per heavy atom. The Morgan fingerprint density at radius 2 is 1.52 bits per heavy atom. The van der Waals surface area contributed by atoms with Gasteiger partial charge >= 0.3 is 0 Å². The van der Waals surface area contributed by atoms with Crippen molar-refractivity contribution in [1.82, 2.24) is 0 Å². The van der Waals surface area contributed by atoms with Crippen LogP contribution in [0.5, 0.6) is 11.5 Å². The molecule has 0 bridgehead atoms. The van der Waals surface area contributed by atoms with Gasteiger partial charge in [0.05, 0.1) is 11.5 Å². The lowest BCUT2D eigenvalue weighted by atomic mass is 10.1. The zero-order valence-electron chi connectivity index (χ0n) is 18.0. The summed E-state index contributed by atoms with van der Waals surface area (Å²) >= 11 is 0. The fourth-order valence-corrected chi connectivity index (χ4v) is 4.40. The molecule has 0 saturated carbocycles. The molecule has 3 aromatic carbocycles. The van der Waals surface area contributed by atoms with Crippen molar-refractivity contribution in [2.24, 2.45) is 0 Å². The summed E-state index contributed by atoms with van der Waals surface area (Å²) < 4.78 is 52.1. The van der Waals surface area contributed by atoms with Gasteiger partial charge in [-0.3, -0.25) is 4.79 Å². The molecule has 0 heterocycles. The third-order valence-corrected chi connectivity index (χ3v) is 7.00.